The molecule has 250 valence electrons. The van der Waals surface area contributed by atoms with Crippen molar-refractivity contribution in [3.05, 3.63) is 60.4 Å². The van der Waals surface area contributed by atoms with Crippen LogP contribution in [0.25, 0.3) is 27.8 Å². The standard InChI is InChI=1S/C36H41N7O5/c1-5-46-34(44)29-21-28(25-11-12-30(38-23-25)41-17-13-24(22-37)14-18-41)31-32(39-29)43(26-9-7-6-8-10-26)40-33(31)47-27-15-19-42(20-16-27)35(45)48-36(2,3)4/h6-12,21,23-24,27H,5,13-20H2,1-4H3. The van der Waals surface area contributed by atoms with Gasteiger partial charge in [0.25, 0.3) is 0 Å². The number of benzene rings is 1. The Kier molecular flexibility index (Phi) is 9.48. The van der Waals surface area contributed by atoms with Gasteiger partial charge < -0.3 is 24.0 Å². The number of carbonyl (C=O) groups excluding carboxylic acids is 2. The molecule has 2 aliphatic rings. The summed E-state index contributed by atoms with van der Waals surface area (Å²) >= 11 is 0. The molecule has 0 bridgehead atoms. The van der Waals surface area contributed by atoms with Gasteiger partial charge in [0, 0.05) is 62.3 Å². The predicted molar refractivity (Wildman–Crippen MR) is 180 cm³/mol. The monoisotopic (exact) mass is 651 g/mol. The van der Waals surface area contributed by atoms with Crippen molar-refractivity contribution in [3.8, 4) is 28.8 Å². The van der Waals surface area contributed by atoms with Gasteiger partial charge in [0.1, 0.15) is 17.5 Å². The maximum absolute atomic E-state index is 13.1. The van der Waals surface area contributed by atoms with Crippen LogP contribution in [0.5, 0.6) is 5.88 Å². The fourth-order valence-electron chi connectivity index (χ4n) is 6.06. The largest absolute Gasteiger partial charge is 0.473 e. The summed E-state index contributed by atoms with van der Waals surface area (Å²) in [5.74, 6) is 0.754. The Labute approximate surface area is 280 Å². The normalized spacial score (nSPS) is 16.1. The molecule has 1 aromatic carbocycles. The first kappa shape index (κ1) is 32.7. The summed E-state index contributed by atoms with van der Waals surface area (Å²) in [6.07, 6.45) is 4.07. The third-order valence-corrected chi connectivity index (χ3v) is 8.52. The molecule has 2 aliphatic heterocycles. The lowest BCUT2D eigenvalue weighted by atomic mass is 9.98. The van der Waals surface area contributed by atoms with Gasteiger partial charge in [-0.2, -0.15) is 5.26 Å². The molecule has 4 aromatic rings. The van der Waals surface area contributed by atoms with Gasteiger partial charge in [-0.25, -0.2) is 24.2 Å². The van der Waals surface area contributed by atoms with Gasteiger partial charge in [-0.1, -0.05) is 18.2 Å². The number of para-hydroxylation sites is 1. The van der Waals surface area contributed by atoms with E-state index < -0.39 is 11.6 Å². The number of esters is 1. The van der Waals surface area contributed by atoms with Crippen LogP contribution in [0.3, 0.4) is 0 Å². The van der Waals surface area contributed by atoms with E-state index in [1.54, 1.807) is 28.8 Å². The fraction of sp³-hybridized carbons (Fsp3) is 0.444. The summed E-state index contributed by atoms with van der Waals surface area (Å²) in [5, 5.41) is 14.9. The number of piperidine rings is 2. The van der Waals surface area contributed by atoms with Crippen molar-refractivity contribution in [2.24, 2.45) is 5.92 Å². The van der Waals surface area contributed by atoms with Crippen LogP contribution >= 0.6 is 0 Å². The molecular formula is C36H41N7O5. The summed E-state index contributed by atoms with van der Waals surface area (Å²) in [7, 11) is 0. The first-order valence-corrected chi connectivity index (χ1v) is 16.6. The molecule has 0 saturated carbocycles. The third kappa shape index (κ3) is 7.20. The van der Waals surface area contributed by atoms with Crippen molar-refractivity contribution < 1.29 is 23.8 Å². The van der Waals surface area contributed by atoms with Crippen LogP contribution in [0.1, 0.15) is 63.9 Å². The van der Waals surface area contributed by atoms with E-state index in [-0.39, 0.29) is 30.4 Å². The average Bonchev–Trinajstić information content (AvgIpc) is 3.46. The Balaban J connectivity index is 1.38. The zero-order valence-corrected chi connectivity index (χ0v) is 27.9. The number of anilines is 1. The Morgan fingerprint density at radius 2 is 1.73 bits per heavy atom. The number of fused-ring (bicyclic) bond motifs is 1. The molecule has 12 nitrogen and oxygen atoms in total. The molecule has 0 N–H and O–H groups in total. The Hall–Kier alpha value is -5.18. The van der Waals surface area contributed by atoms with E-state index in [0.29, 0.717) is 48.4 Å². The smallest absolute Gasteiger partial charge is 0.410 e. The molecule has 12 heteroatoms. The highest BCUT2D eigenvalue weighted by molar-refractivity contribution is 6.01. The highest BCUT2D eigenvalue weighted by atomic mass is 16.6. The summed E-state index contributed by atoms with van der Waals surface area (Å²) < 4.78 is 19.3. The van der Waals surface area contributed by atoms with E-state index >= 15 is 0 Å². The Morgan fingerprint density at radius 3 is 2.35 bits per heavy atom. The number of carbonyl (C=O) groups is 2. The Morgan fingerprint density at radius 1 is 1.00 bits per heavy atom. The molecule has 0 spiro atoms. The van der Waals surface area contributed by atoms with E-state index in [1.165, 1.54) is 0 Å². The van der Waals surface area contributed by atoms with E-state index in [4.69, 9.17) is 29.3 Å². The molecule has 2 saturated heterocycles. The van der Waals surface area contributed by atoms with Crippen LogP contribution < -0.4 is 9.64 Å². The second-order valence-electron chi connectivity index (χ2n) is 13.1. The molecule has 0 aliphatic carbocycles. The number of hydrogen-bond acceptors (Lipinski definition) is 10. The fourth-order valence-corrected chi connectivity index (χ4v) is 6.06. The molecule has 1 amide bonds. The van der Waals surface area contributed by atoms with Crippen molar-refractivity contribution >= 4 is 28.9 Å². The number of rotatable bonds is 7. The van der Waals surface area contributed by atoms with E-state index in [2.05, 4.69) is 11.0 Å². The molecule has 48 heavy (non-hydrogen) atoms. The van der Waals surface area contributed by atoms with Crippen molar-refractivity contribution in [3.63, 3.8) is 0 Å². The maximum atomic E-state index is 13.1. The third-order valence-electron chi connectivity index (χ3n) is 8.52. The van der Waals surface area contributed by atoms with Crippen LogP contribution in [0.15, 0.2) is 54.7 Å². The van der Waals surface area contributed by atoms with Crippen LogP contribution in [0.4, 0.5) is 10.6 Å². The topological polar surface area (TPSA) is 136 Å². The number of pyridine rings is 2. The van der Waals surface area contributed by atoms with Crippen molar-refractivity contribution in [1.82, 2.24) is 24.6 Å². The first-order valence-electron chi connectivity index (χ1n) is 16.6. The number of aromatic nitrogens is 4. The van der Waals surface area contributed by atoms with Gasteiger partial charge >= 0.3 is 12.1 Å². The number of amides is 1. The second kappa shape index (κ2) is 13.9. The molecule has 6 rings (SSSR count). The molecule has 5 heterocycles. The van der Waals surface area contributed by atoms with E-state index in [1.807, 2.05) is 63.2 Å². The lowest BCUT2D eigenvalue weighted by Gasteiger charge is -2.33. The van der Waals surface area contributed by atoms with Gasteiger partial charge in [0.05, 0.1) is 23.7 Å². The molecule has 0 atom stereocenters. The van der Waals surface area contributed by atoms with E-state index in [0.717, 1.165) is 43.0 Å². The molecule has 0 radical (unpaired) electrons. The SMILES string of the molecule is CCOC(=O)c1cc(-c2ccc(N3CCC(C#N)CC3)nc2)c2c(OC3CCN(C(=O)OC(C)(C)C)CC3)nn(-c3ccccc3)c2n1. The Bertz CT molecular complexity index is 1790. The highest BCUT2D eigenvalue weighted by Gasteiger charge is 2.30. The summed E-state index contributed by atoms with van der Waals surface area (Å²) in [4.78, 5) is 39.2. The predicted octanol–water partition coefficient (Wildman–Crippen LogP) is 6.18. The van der Waals surface area contributed by atoms with Crippen molar-refractivity contribution in [2.45, 2.75) is 65.1 Å². The minimum Gasteiger partial charge on any atom is -0.473 e. The summed E-state index contributed by atoms with van der Waals surface area (Å²) in [5.41, 5.74) is 2.24. The van der Waals surface area contributed by atoms with Gasteiger partial charge in [0.2, 0.25) is 5.88 Å². The summed E-state index contributed by atoms with van der Waals surface area (Å²) in [6, 6.07) is 17.6. The number of likely N-dealkylation sites (tertiary alicyclic amines) is 1. The summed E-state index contributed by atoms with van der Waals surface area (Å²) in [6.45, 7) is 10.1. The maximum Gasteiger partial charge on any atom is 0.410 e. The first-order chi connectivity index (χ1) is 23.1. The van der Waals surface area contributed by atoms with Crippen molar-refractivity contribution in [1.29, 1.82) is 5.26 Å². The zero-order chi connectivity index (χ0) is 33.8. The van der Waals surface area contributed by atoms with E-state index in [9.17, 15) is 14.9 Å². The van der Waals surface area contributed by atoms with Gasteiger partial charge in [-0.3, -0.25) is 0 Å². The minimum absolute atomic E-state index is 0.0797. The number of nitriles is 1. The van der Waals surface area contributed by atoms with Crippen molar-refractivity contribution in [2.75, 3.05) is 37.7 Å². The average molecular weight is 652 g/mol. The molecule has 2 fully saturated rings. The number of ether oxygens (including phenoxy) is 3. The highest BCUT2D eigenvalue weighted by Crippen LogP contribution is 2.38. The number of nitrogens with zero attached hydrogens (tertiary/aromatic N) is 7. The molecular weight excluding hydrogens is 610 g/mol. The second-order valence-corrected chi connectivity index (χ2v) is 13.1. The molecule has 3 aromatic heterocycles. The lowest BCUT2D eigenvalue weighted by Crippen LogP contribution is -2.44. The van der Waals surface area contributed by atoms with Gasteiger partial charge in [-0.15, -0.1) is 5.10 Å². The minimum atomic E-state index is -0.569. The zero-order valence-electron chi connectivity index (χ0n) is 27.9. The van der Waals surface area contributed by atoms with Crippen LogP contribution in [0.2, 0.25) is 0 Å². The van der Waals surface area contributed by atoms with Gasteiger partial charge in [0.15, 0.2) is 11.3 Å². The van der Waals surface area contributed by atoms with Crippen LogP contribution in [0, 0.1) is 17.2 Å². The number of hydrogen-bond donors (Lipinski definition) is 0. The van der Waals surface area contributed by atoms with Gasteiger partial charge in [-0.05, 0) is 70.9 Å². The lowest BCUT2D eigenvalue weighted by molar-refractivity contribution is 0.0123. The quantitative estimate of drug-likeness (QED) is 0.213. The molecule has 0 unspecified atom stereocenters. The van der Waals surface area contributed by atoms with Crippen LogP contribution in [-0.4, -0.2) is 81.2 Å². The van der Waals surface area contributed by atoms with Crippen LogP contribution in [-0.2, 0) is 9.47 Å².